The molecular formula is C21H13Cl2N3O4. The van der Waals surface area contributed by atoms with Gasteiger partial charge < -0.3 is 9.26 Å². The van der Waals surface area contributed by atoms with E-state index in [1.807, 2.05) is 24.3 Å². The Labute approximate surface area is 181 Å². The molecule has 0 fully saturated rings. The Morgan fingerprint density at radius 1 is 1.00 bits per heavy atom. The average molecular weight is 442 g/mol. The van der Waals surface area contributed by atoms with E-state index < -0.39 is 4.92 Å². The molecule has 0 bridgehead atoms. The maximum atomic E-state index is 10.8. The van der Waals surface area contributed by atoms with Crippen molar-refractivity contribution in [3.8, 4) is 28.6 Å². The van der Waals surface area contributed by atoms with E-state index in [2.05, 4.69) is 10.1 Å². The topological polar surface area (TPSA) is 91.3 Å². The molecule has 0 aliphatic carbocycles. The highest BCUT2D eigenvalue weighted by molar-refractivity contribution is 6.35. The fourth-order valence-corrected chi connectivity index (χ4v) is 3.20. The van der Waals surface area contributed by atoms with Crippen LogP contribution < -0.4 is 4.74 Å². The quantitative estimate of drug-likeness (QED) is 0.261. The summed E-state index contributed by atoms with van der Waals surface area (Å²) >= 11 is 12.0. The van der Waals surface area contributed by atoms with Crippen LogP contribution in [0.1, 0.15) is 5.56 Å². The Hall–Kier alpha value is -3.42. The van der Waals surface area contributed by atoms with Gasteiger partial charge in [-0.15, -0.1) is 0 Å². The van der Waals surface area contributed by atoms with Crippen LogP contribution in [0.5, 0.6) is 5.75 Å². The van der Waals surface area contributed by atoms with E-state index in [1.165, 1.54) is 12.1 Å². The number of ether oxygens (including phenoxy) is 1. The number of hydrogen-bond donors (Lipinski definition) is 0. The molecule has 0 atom stereocenters. The molecule has 0 aliphatic heterocycles. The highest BCUT2D eigenvalue weighted by Gasteiger charge is 2.13. The largest absolute Gasteiger partial charge is 0.487 e. The summed E-state index contributed by atoms with van der Waals surface area (Å²) in [6.45, 7) is 0.290. The molecule has 4 aromatic rings. The van der Waals surface area contributed by atoms with E-state index in [1.54, 1.807) is 30.3 Å². The molecule has 3 aromatic carbocycles. The van der Waals surface area contributed by atoms with Crippen molar-refractivity contribution in [1.29, 1.82) is 0 Å². The Kier molecular flexibility index (Phi) is 5.65. The van der Waals surface area contributed by atoms with E-state index in [9.17, 15) is 10.1 Å². The molecule has 0 radical (unpaired) electrons. The Morgan fingerprint density at radius 3 is 2.53 bits per heavy atom. The van der Waals surface area contributed by atoms with E-state index in [0.717, 1.165) is 11.1 Å². The third kappa shape index (κ3) is 4.42. The fraction of sp³-hybridized carbons (Fsp3) is 0.0476. The van der Waals surface area contributed by atoms with Gasteiger partial charge in [-0.2, -0.15) is 4.98 Å². The average Bonchev–Trinajstić information content (AvgIpc) is 3.24. The molecule has 0 unspecified atom stereocenters. The molecule has 0 spiro atoms. The normalized spacial score (nSPS) is 10.7. The lowest BCUT2D eigenvalue weighted by Crippen LogP contribution is -1.96. The number of rotatable bonds is 6. The number of aromatic nitrogens is 2. The van der Waals surface area contributed by atoms with Gasteiger partial charge in [0.05, 0.1) is 9.95 Å². The maximum Gasteiger partial charge on any atom is 0.269 e. The summed E-state index contributed by atoms with van der Waals surface area (Å²) in [6, 6.07) is 18.4. The standard InChI is InChI=1S/C21H13Cl2N3O4/c22-16-6-9-19(18(23)11-16)29-12-13-2-1-3-15(10-13)21-24-20(25-30-21)14-4-7-17(8-5-14)26(27)28/h1-11H,12H2. The van der Waals surface area contributed by atoms with Crippen molar-refractivity contribution in [3.63, 3.8) is 0 Å². The molecule has 0 saturated carbocycles. The number of nitro groups is 1. The second-order valence-corrected chi connectivity index (χ2v) is 7.13. The number of benzene rings is 3. The molecule has 7 nitrogen and oxygen atoms in total. The van der Waals surface area contributed by atoms with Crippen LogP contribution in [-0.2, 0) is 6.61 Å². The van der Waals surface area contributed by atoms with Crippen LogP contribution in [-0.4, -0.2) is 15.1 Å². The van der Waals surface area contributed by atoms with Crippen LogP contribution in [0.15, 0.2) is 71.3 Å². The summed E-state index contributed by atoms with van der Waals surface area (Å²) < 4.78 is 11.1. The number of nitro benzene ring substituents is 1. The lowest BCUT2D eigenvalue weighted by Gasteiger charge is -2.08. The minimum Gasteiger partial charge on any atom is -0.487 e. The second kappa shape index (κ2) is 8.52. The molecule has 9 heteroatoms. The van der Waals surface area contributed by atoms with Crippen LogP contribution in [0, 0.1) is 10.1 Å². The van der Waals surface area contributed by atoms with Gasteiger partial charge in [-0.3, -0.25) is 10.1 Å². The monoisotopic (exact) mass is 441 g/mol. The van der Waals surface area contributed by atoms with Gasteiger partial charge >= 0.3 is 0 Å². The number of nitrogens with zero attached hydrogens (tertiary/aromatic N) is 3. The van der Waals surface area contributed by atoms with Crippen molar-refractivity contribution in [1.82, 2.24) is 10.1 Å². The van der Waals surface area contributed by atoms with Gasteiger partial charge in [-0.05, 0) is 48.0 Å². The van der Waals surface area contributed by atoms with Gasteiger partial charge in [0.1, 0.15) is 12.4 Å². The van der Waals surface area contributed by atoms with Gasteiger partial charge in [0.15, 0.2) is 0 Å². The summed E-state index contributed by atoms with van der Waals surface area (Å²) in [7, 11) is 0. The predicted octanol–water partition coefficient (Wildman–Crippen LogP) is 6.20. The molecule has 0 aliphatic rings. The van der Waals surface area contributed by atoms with Crippen molar-refractivity contribution in [2.45, 2.75) is 6.61 Å². The Morgan fingerprint density at radius 2 is 1.80 bits per heavy atom. The Bertz CT molecular complexity index is 1210. The van der Waals surface area contributed by atoms with Crippen LogP contribution in [0.2, 0.25) is 10.0 Å². The van der Waals surface area contributed by atoms with Crippen molar-refractivity contribution in [2.75, 3.05) is 0 Å². The highest BCUT2D eigenvalue weighted by atomic mass is 35.5. The third-order valence-corrected chi connectivity index (χ3v) is 4.76. The van der Waals surface area contributed by atoms with Crippen molar-refractivity contribution in [2.24, 2.45) is 0 Å². The zero-order chi connectivity index (χ0) is 21.1. The number of halogens is 2. The van der Waals surface area contributed by atoms with Gasteiger partial charge in [0, 0.05) is 28.3 Å². The zero-order valence-electron chi connectivity index (χ0n) is 15.3. The van der Waals surface area contributed by atoms with E-state index >= 15 is 0 Å². The van der Waals surface area contributed by atoms with Gasteiger partial charge in [-0.25, -0.2) is 0 Å². The SMILES string of the molecule is O=[N+]([O-])c1ccc(-c2noc(-c3cccc(COc4ccc(Cl)cc4Cl)c3)n2)cc1. The second-order valence-electron chi connectivity index (χ2n) is 6.29. The first kappa shape index (κ1) is 19.9. The van der Waals surface area contributed by atoms with Gasteiger partial charge in [-0.1, -0.05) is 40.5 Å². The van der Waals surface area contributed by atoms with E-state index in [0.29, 0.717) is 39.7 Å². The summed E-state index contributed by atoms with van der Waals surface area (Å²) in [5.74, 6) is 1.20. The summed E-state index contributed by atoms with van der Waals surface area (Å²) in [6.07, 6.45) is 0. The van der Waals surface area contributed by atoms with Gasteiger partial charge in [0.25, 0.3) is 11.6 Å². The first-order valence-electron chi connectivity index (χ1n) is 8.75. The van der Waals surface area contributed by atoms with Gasteiger partial charge in [0.2, 0.25) is 5.82 Å². The van der Waals surface area contributed by atoms with Crippen molar-refractivity contribution < 1.29 is 14.2 Å². The first-order chi connectivity index (χ1) is 14.5. The summed E-state index contributed by atoms with van der Waals surface area (Å²) in [5.41, 5.74) is 2.22. The van der Waals surface area contributed by atoms with Crippen LogP contribution in [0.3, 0.4) is 0 Å². The molecule has 4 rings (SSSR count). The van der Waals surface area contributed by atoms with Crippen molar-refractivity contribution >= 4 is 28.9 Å². The third-order valence-electron chi connectivity index (χ3n) is 4.22. The van der Waals surface area contributed by atoms with Crippen LogP contribution >= 0.6 is 23.2 Å². The van der Waals surface area contributed by atoms with E-state index in [-0.39, 0.29) is 5.69 Å². The summed E-state index contributed by atoms with van der Waals surface area (Å²) in [4.78, 5) is 14.7. The number of hydrogen-bond acceptors (Lipinski definition) is 6. The fourth-order valence-electron chi connectivity index (χ4n) is 2.74. The smallest absolute Gasteiger partial charge is 0.269 e. The lowest BCUT2D eigenvalue weighted by molar-refractivity contribution is -0.384. The molecule has 1 aromatic heterocycles. The zero-order valence-corrected chi connectivity index (χ0v) is 16.8. The minimum atomic E-state index is -0.462. The molecule has 0 saturated heterocycles. The first-order valence-corrected chi connectivity index (χ1v) is 9.51. The molecule has 30 heavy (non-hydrogen) atoms. The molecular weight excluding hydrogens is 429 g/mol. The number of non-ortho nitro benzene ring substituents is 1. The van der Waals surface area contributed by atoms with E-state index in [4.69, 9.17) is 32.5 Å². The maximum absolute atomic E-state index is 10.8. The summed E-state index contributed by atoms with van der Waals surface area (Å²) in [5, 5.41) is 15.7. The minimum absolute atomic E-state index is 0.00374. The Balaban J connectivity index is 1.50. The predicted molar refractivity (Wildman–Crippen MR) is 113 cm³/mol. The molecule has 0 amide bonds. The lowest BCUT2D eigenvalue weighted by atomic mass is 10.1. The molecule has 0 N–H and O–H groups in total. The highest BCUT2D eigenvalue weighted by Crippen LogP contribution is 2.29. The van der Waals surface area contributed by atoms with Crippen LogP contribution in [0.4, 0.5) is 5.69 Å². The molecule has 1 heterocycles. The van der Waals surface area contributed by atoms with Crippen LogP contribution in [0.25, 0.3) is 22.8 Å². The van der Waals surface area contributed by atoms with Crippen molar-refractivity contribution in [3.05, 3.63) is 92.5 Å². The molecule has 150 valence electrons.